The first-order valence-corrected chi connectivity index (χ1v) is 6.64. The second kappa shape index (κ2) is 5.17. The number of carbonyl (C=O) groups excluding carboxylic acids is 1. The first-order valence-electron chi connectivity index (χ1n) is 6.27. The van der Waals surface area contributed by atoms with Gasteiger partial charge in [-0.1, -0.05) is 43.1 Å². The monoisotopic (exact) mass is 276 g/mol. The first-order chi connectivity index (χ1) is 8.95. The van der Waals surface area contributed by atoms with Gasteiger partial charge in [0.1, 0.15) is 5.15 Å². The topological polar surface area (TPSA) is 34.9 Å². The fourth-order valence-corrected chi connectivity index (χ4v) is 2.43. The molecule has 19 heavy (non-hydrogen) atoms. The molecule has 0 bridgehead atoms. The Morgan fingerprint density at radius 2 is 2.00 bits per heavy atom. The van der Waals surface area contributed by atoms with Crippen LogP contribution in [0.25, 0.3) is 5.69 Å². The normalized spacial score (nSPS) is 11.1. The van der Waals surface area contributed by atoms with Gasteiger partial charge >= 0.3 is 0 Å². The van der Waals surface area contributed by atoms with E-state index in [1.807, 2.05) is 39.8 Å². The van der Waals surface area contributed by atoms with E-state index in [4.69, 9.17) is 11.6 Å². The van der Waals surface area contributed by atoms with Crippen LogP contribution in [0.2, 0.25) is 5.15 Å². The Hall–Kier alpha value is -1.61. The zero-order chi connectivity index (χ0) is 14.2. The summed E-state index contributed by atoms with van der Waals surface area (Å²) in [5.74, 6) is 0.157. The summed E-state index contributed by atoms with van der Waals surface area (Å²) in [6.45, 7) is 8.05. The summed E-state index contributed by atoms with van der Waals surface area (Å²) in [4.78, 5) is 11.2. The SMILES string of the molecule is Cc1ccc(-n2nc(C(C)C)c(C=O)c2Cl)c(C)c1. The summed E-state index contributed by atoms with van der Waals surface area (Å²) in [6, 6.07) is 6.06. The smallest absolute Gasteiger partial charge is 0.155 e. The van der Waals surface area contributed by atoms with Crippen molar-refractivity contribution < 1.29 is 4.79 Å². The fourth-order valence-electron chi connectivity index (χ4n) is 2.16. The van der Waals surface area contributed by atoms with Crippen LogP contribution in [0.1, 0.15) is 46.9 Å². The van der Waals surface area contributed by atoms with Crippen LogP contribution in [0.15, 0.2) is 18.2 Å². The molecule has 100 valence electrons. The van der Waals surface area contributed by atoms with Crippen molar-refractivity contribution in [3.63, 3.8) is 0 Å². The standard InChI is InChI=1S/C15H17ClN2O/c1-9(2)14-12(8-19)15(16)18(17-14)13-6-5-10(3)7-11(13)4/h5-9H,1-4H3. The summed E-state index contributed by atoms with van der Waals surface area (Å²) in [7, 11) is 0. The largest absolute Gasteiger partial charge is 0.298 e. The second-order valence-corrected chi connectivity index (χ2v) is 5.42. The lowest BCUT2D eigenvalue weighted by Gasteiger charge is -2.08. The number of rotatable bonds is 3. The van der Waals surface area contributed by atoms with Gasteiger partial charge < -0.3 is 0 Å². The molecule has 1 aromatic heterocycles. The Morgan fingerprint density at radius 3 is 2.47 bits per heavy atom. The number of aryl methyl sites for hydroxylation is 2. The van der Waals surface area contributed by atoms with Crippen LogP contribution in [0, 0.1) is 13.8 Å². The molecule has 0 radical (unpaired) electrons. The Balaban J connectivity index is 2.66. The molecule has 0 aliphatic heterocycles. The van der Waals surface area contributed by atoms with Crippen molar-refractivity contribution in [1.29, 1.82) is 0 Å². The molecule has 0 saturated carbocycles. The molecule has 2 rings (SSSR count). The lowest BCUT2D eigenvalue weighted by molar-refractivity contribution is 0.112. The van der Waals surface area contributed by atoms with Crippen molar-refractivity contribution in [2.45, 2.75) is 33.6 Å². The van der Waals surface area contributed by atoms with E-state index in [1.54, 1.807) is 4.68 Å². The molecule has 0 unspecified atom stereocenters. The predicted molar refractivity (Wildman–Crippen MR) is 77.5 cm³/mol. The van der Waals surface area contributed by atoms with Gasteiger partial charge in [0, 0.05) is 0 Å². The van der Waals surface area contributed by atoms with E-state index in [0.29, 0.717) is 10.7 Å². The van der Waals surface area contributed by atoms with Crippen LogP contribution in [0.4, 0.5) is 0 Å². The van der Waals surface area contributed by atoms with Crippen molar-refractivity contribution in [3.8, 4) is 5.69 Å². The van der Waals surface area contributed by atoms with Gasteiger partial charge in [-0.25, -0.2) is 4.68 Å². The quantitative estimate of drug-likeness (QED) is 0.792. The first kappa shape index (κ1) is 13.8. The molecule has 0 aliphatic carbocycles. The molecule has 0 fully saturated rings. The molecule has 0 N–H and O–H groups in total. The highest BCUT2D eigenvalue weighted by Gasteiger charge is 2.19. The molecule has 1 heterocycles. The zero-order valence-corrected chi connectivity index (χ0v) is 12.3. The van der Waals surface area contributed by atoms with Crippen LogP contribution >= 0.6 is 11.6 Å². The van der Waals surface area contributed by atoms with Crippen LogP contribution < -0.4 is 0 Å². The van der Waals surface area contributed by atoms with Gasteiger partial charge in [-0.05, 0) is 31.4 Å². The summed E-state index contributed by atoms with van der Waals surface area (Å²) in [5, 5.41) is 4.87. The number of hydrogen-bond acceptors (Lipinski definition) is 2. The van der Waals surface area contributed by atoms with Gasteiger partial charge in [0.15, 0.2) is 6.29 Å². The molecule has 4 heteroatoms. The molecular formula is C15H17ClN2O. The lowest BCUT2D eigenvalue weighted by Crippen LogP contribution is -2.01. The average Bonchev–Trinajstić information content (AvgIpc) is 2.66. The summed E-state index contributed by atoms with van der Waals surface area (Å²) in [6.07, 6.45) is 0.782. The second-order valence-electron chi connectivity index (χ2n) is 5.06. The third-order valence-corrected chi connectivity index (χ3v) is 3.50. The summed E-state index contributed by atoms with van der Waals surface area (Å²) < 4.78 is 1.65. The van der Waals surface area contributed by atoms with E-state index in [-0.39, 0.29) is 5.92 Å². The van der Waals surface area contributed by atoms with Gasteiger partial charge in [-0.3, -0.25) is 4.79 Å². The van der Waals surface area contributed by atoms with Crippen LogP contribution in [0.5, 0.6) is 0 Å². The van der Waals surface area contributed by atoms with Gasteiger partial charge in [0.25, 0.3) is 0 Å². The van der Waals surface area contributed by atoms with Crippen molar-refractivity contribution in [3.05, 3.63) is 45.7 Å². The lowest BCUT2D eigenvalue weighted by atomic mass is 10.1. The van der Waals surface area contributed by atoms with Crippen molar-refractivity contribution in [2.75, 3.05) is 0 Å². The fraction of sp³-hybridized carbons (Fsp3) is 0.333. The van der Waals surface area contributed by atoms with Gasteiger partial charge in [-0.15, -0.1) is 0 Å². The Bertz CT molecular complexity index is 629. The molecule has 1 aromatic carbocycles. The number of halogens is 1. The van der Waals surface area contributed by atoms with Crippen LogP contribution in [-0.2, 0) is 0 Å². The predicted octanol–water partition coefficient (Wildman–Crippen LogP) is 4.08. The molecule has 3 nitrogen and oxygen atoms in total. The maximum atomic E-state index is 11.2. The minimum absolute atomic E-state index is 0.157. The third-order valence-electron chi connectivity index (χ3n) is 3.14. The van der Waals surface area contributed by atoms with Gasteiger partial charge in [-0.2, -0.15) is 5.10 Å². The van der Waals surface area contributed by atoms with E-state index >= 15 is 0 Å². The molecule has 0 spiro atoms. The molecule has 2 aromatic rings. The highest BCUT2D eigenvalue weighted by atomic mass is 35.5. The molecule has 0 saturated heterocycles. The zero-order valence-electron chi connectivity index (χ0n) is 11.6. The maximum absolute atomic E-state index is 11.2. The van der Waals surface area contributed by atoms with E-state index in [1.165, 1.54) is 5.56 Å². The number of hydrogen-bond donors (Lipinski definition) is 0. The van der Waals surface area contributed by atoms with Gasteiger partial charge in [0.05, 0.1) is 16.9 Å². The Morgan fingerprint density at radius 1 is 1.32 bits per heavy atom. The highest BCUT2D eigenvalue weighted by molar-refractivity contribution is 6.32. The van der Waals surface area contributed by atoms with Crippen molar-refractivity contribution in [2.24, 2.45) is 0 Å². The van der Waals surface area contributed by atoms with Crippen LogP contribution in [-0.4, -0.2) is 16.1 Å². The van der Waals surface area contributed by atoms with E-state index < -0.39 is 0 Å². The van der Waals surface area contributed by atoms with Gasteiger partial charge in [0.2, 0.25) is 0 Å². The molecular weight excluding hydrogens is 260 g/mol. The molecule has 0 atom stereocenters. The third kappa shape index (κ3) is 2.43. The Kier molecular flexibility index (Phi) is 3.76. The number of aldehydes is 1. The highest BCUT2D eigenvalue weighted by Crippen LogP contribution is 2.28. The van der Waals surface area contributed by atoms with Crippen molar-refractivity contribution in [1.82, 2.24) is 9.78 Å². The molecule has 0 amide bonds. The van der Waals surface area contributed by atoms with Crippen molar-refractivity contribution >= 4 is 17.9 Å². The van der Waals surface area contributed by atoms with E-state index in [2.05, 4.69) is 11.2 Å². The summed E-state index contributed by atoms with van der Waals surface area (Å²) >= 11 is 6.29. The molecule has 0 aliphatic rings. The minimum atomic E-state index is 0.157. The number of benzene rings is 1. The maximum Gasteiger partial charge on any atom is 0.155 e. The summed E-state index contributed by atoms with van der Waals surface area (Å²) in [5.41, 5.74) is 4.39. The van der Waals surface area contributed by atoms with E-state index in [0.717, 1.165) is 23.2 Å². The Labute approximate surface area is 118 Å². The van der Waals surface area contributed by atoms with Crippen LogP contribution in [0.3, 0.4) is 0 Å². The average molecular weight is 277 g/mol. The van der Waals surface area contributed by atoms with E-state index in [9.17, 15) is 4.79 Å². The number of carbonyl (C=O) groups is 1. The number of aromatic nitrogens is 2. The minimum Gasteiger partial charge on any atom is -0.298 e. The number of nitrogens with zero attached hydrogens (tertiary/aromatic N) is 2.